The lowest BCUT2D eigenvalue weighted by atomic mass is 10.2. The van der Waals surface area contributed by atoms with Crippen molar-refractivity contribution in [3.8, 4) is 11.6 Å². The van der Waals surface area contributed by atoms with E-state index in [1.165, 1.54) is 13.1 Å². The molecular formula is C10H6F3N3O2. The van der Waals surface area contributed by atoms with Gasteiger partial charge in [-0.05, 0) is 12.1 Å². The highest BCUT2D eigenvalue weighted by Gasteiger charge is 2.31. The molecule has 1 aromatic heterocycles. The van der Waals surface area contributed by atoms with Gasteiger partial charge in [0.1, 0.15) is 5.75 Å². The number of aryl methyl sites for hydroxylation is 1. The molecule has 1 heterocycles. The van der Waals surface area contributed by atoms with Gasteiger partial charge in [0.05, 0.1) is 16.8 Å². The smallest absolute Gasteiger partial charge is 0.573 e. The summed E-state index contributed by atoms with van der Waals surface area (Å²) in [5.41, 5.74) is -0.0272. The summed E-state index contributed by atoms with van der Waals surface area (Å²) in [6.45, 7) is 0. The van der Waals surface area contributed by atoms with Gasteiger partial charge in [-0.15, -0.1) is 13.2 Å². The fraction of sp³-hybridized carbons (Fsp3) is 0.200. The molecule has 0 fully saturated rings. The molecule has 0 atom stereocenters. The molecule has 0 aliphatic rings. The highest BCUT2D eigenvalue weighted by Crippen LogP contribution is 2.38. The van der Waals surface area contributed by atoms with Crippen LogP contribution < -0.4 is 9.84 Å². The van der Waals surface area contributed by atoms with Crippen molar-refractivity contribution in [1.82, 2.24) is 4.57 Å². The maximum absolute atomic E-state index is 12.0. The Morgan fingerprint density at radius 3 is 2.61 bits per heavy atom. The summed E-state index contributed by atoms with van der Waals surface area (Å²) in [6.07, 6.45) is -4.80. The summed E-state index contributed by atoms with van der Waals surface area (Å²) in [5.74, 6) is -1.04. The van der Waals surface area contributed by atoms with E-state index in [1.807, 2.05) is 0 Å². The van der Waals surface area contributed by atoms with Crippen molar-refractivity contribution in [2.45, 2.75) is 6.36 Å². The van der Waals surface area contributed by atoms with Gasteiger partial charge in [-0.3, -0.25) is 0 Å². The van der Waals surface area contributed by atoms with Crippen LogP contribution >= 0.6 is 0 Å². The number of rotatable bonds is 1. The van der Waals surface area contributed by atoms with Crippen molar-refractivity contribution in [2.75, 3.05) is 0 Å². The minimum Gasteiger partial charge on any atom is -0.854 e. The summed E-state index contributed by atoms with van der Waals surface area (Å²) in [6, 6.07) is 3.33. The van der Waals surface area contributed by atoms with E-state index in [1.54, 1.807) is 0 Å². The van der Waals surface area contributed by atoms with E-state index in [-0.39, 0.29) is 16.6 Å². The van der Waals surface area contributed by atoms with Gasteiger partial charge in [-0.25, -0.2) is 0 Å². The van der Waals surface area contributed by atoms with Crippen LogP contribution in [0.2, 0.25) is 0 Å². The molecule has 0 aliphatic heterocycles. The lowest BCUT2D eigenvalue weighted by Crippen LogP contribution is -2.17. The van der Waals surface area contributed by atoms with Gasteiger partial charge in [0, 0.05) is 13.1 Å². The highest BCUT2D eigenvalue weighted by atomic mass is 19.4. The monoisotopic (exact) mass is 257 g/mol. The van der Waals surface area contributed by atoms with Crippen LogP contribution in [0.4, 0.5) is 18.9 Å². The number of diazo groups is 1. The Morgan fingerprint density at radius 1 is 1.39 bits per heavy atom. The summed E-state index contributed by atoms with van der Waals surface area (Å²) in [7, 11) is 1.36. The number of alkyl halides is 3. The van der Waals surface area contributed by atoms with Crippen LogP contribution in [-0.2, 0) is 7.05 Å². The number of aromatic nitrogens is 1. The zero-order valence-corrected chi connectivity index (χ0v) is 9.02. The van der Waals surface area contributed by atoms with E-state index < -0.39 is 18.0 Å². The molecule has 0 bridgehead atoms. The van der Waals surface area contributed by atoms with Crippen LogP contribution in [0.15, 0.2) is 18.2 Å². The largest absolute Gasteiger partial charge is 0.854 e. The maximum atomic E-state index is 12.0. The van der Waals surface area contributed by atoms with Gasteiger partial charge in [-0.1, -0.05) is 0 Å². The van der Waals surface area contributed by atoms with Crippen LogP contribution in [0.3, 0.4) is 0 Å². The third-order valence-electron chi connectivity index (χ3n) is 2.43. The van der Waals surface area contributed by atoms with Crippen LogP contribution in [0.1, 0.15) is 0 Å². The Balaban J connectivity index is 2.60. The average molecular weight is 257 g/mol. The Kier molecular flexibility index (Phi) is 2.54. The van der Waals surface area contributed by atoms with E-state index >= 15 is 0 Å². The fourth-order valence-corrected chi connectivity index (χ4v) is 1.67. The van der Waals surface area contributed by atoms with Gasteiger partial charge < -0.3 is 14.4 Å². The van der Waals surface area contributed by atoms with Crippen molar-refractivity contribution in [2.24, 2.45) is 7.05 Å². The minimum atomic E-state index is -4.80. The molecule has 1 aromatic carbocycles. The van der Waals surface area contributed by atoms with Crippen molar-refractivity contribution in [1.29, 1.82) is 5.39 Å². The molecular weight excluding hydrogens is 251 g/mol. The fourth-order valence-electron chi connectivity index (χ4n) is 1.67. The molecule has 0 N–H and O–H groups in total. The topological polar surface area (TPSA) is 65.4 Å². The van der Waals surface area contributed by atoms with Crippen molar-refractivity contribution < 1.29 is 23.0 Å². The van der Waals surface area contributed by atoms with E-state index in [4.69, 9.17) is 5.39 Å². The van der Waals surface area contributed by atoms with Crippen molar-refractivity contribution >= 4 is 16.6 Å². The van der Waals surface area contributed by atoms with E-state index in [0.717, 1.165) is 16.7 Å². The first-order valence-corrected chi connectivity index (χ1v) is 4.74. The predicted molar refractivity (Wildman–Crippen MR) is 53.8 cm³/mol. The molecule has 0 unspecified atom stereocenters. The normalized spacial score (nSPS) is 11.5. The summed E-state index contributed by atoms with van der Waals surface area (Å²) < 4.78 is 40.9. The molecule has 0 spiro atoms. The molecule has 0 amide bonds. The first kappa shape index (κ1) is 12.0. The molecule has 8 heteroatoms. The average Bonchev–Trinajstić information content (AvgIpc) is 2.50. The summed E-state index contributed by atoms with van der Waals surface area (Å²) in [5, 5.41) is 20.5. The summed E-state index contributed by atoms with van der Waals surface area (Å²) in [4.78, 5) is 2.83. The Labute approximate surface area is 98.6 Å². The van der Waals surface area contributed by atoms with Crippen LogP contribution in [0, 0.1) is 5.39 Å². The Morgan fingerprint density at radius 2 is 2.06 bits per heavy atom. The minimum absolute atomic E-state index is 0.189. The van der Waals surface area contributed by atoms with Crippen LogP contribution in [0.25, 0.3) is 15.9 Å². The summed E-state index contributed by atoms with van der Waals surface area (Å²) >= 11 is 0. The Hall–Kier alpha value is -2.43. The molecule has 94 valence electrons. The number of halogens is 3. The van der Waals surface area contributed by atoms with Crippen molar-refractivity contribution in [3.63, 3.8) is 0 Å². The molecule has 5 nitrogen and oxygen atoms in total. The molecule has 18 heavy (non-hydrogen) atoms. The molecule has 0 radical (unpaired) electrons. The first-order chi connectivity index (χ1) is 8.33. The maximum Gasteiger partial charge on any atom is 0.573 e. The van der Waals surface area contributed by atoms with Gasteiger partial charge in [-0.2, -0.15) is 0 Å². The van der Waals surface area contributed by atoms with E-state index in [2.05, 4.69) is 9.71 Å². The van der Waals surface area contributed by atoms with Gasteiger partial charge in [0.25, 0.3) is 0 Å². The second-order valence-corrected chi connectivity index (χ2v) is 3.54. The number of nitrogens with zero attached hydrogens (tertiary/aromatic N) is 3. The van der Waals surface area contributed by atoms with Crippen LogP contribution in [-0.4, -0.2) is 10.9 Å². The van der Waals surface area contributed by atoms with Gasteiger partial charge in [0.2, 0.25) is 5.39 Å². The third-order valence-corrected chi connectivity index (χ3v) is 2.43. The van der Waals surface area contributed by atoms with Crippen molar-refractivity contribution in [3.05, 3.63) is 23.2 Å². The standard InChI is InChI=1S/C10H6F3N3O2/c1-16-7-4-5(18-10(11,12)13)2-3-6(7)8(15-14)9(16)17/h2-4H,1H3. The molecule has 0 aliphatic carbocycles. The number of ether oxygens (including phenoxy) is 1. The number of hydrogen-bond acceptors (Lipinski definition) is 3. The second-order valence-electron chi connectivity index (χ2n) is 3.54. The first-order valence-electron chi connectivity index (χ1n) is 4.74. The zero-order valence-electron chi connectivity index (χ0n) is 9.02. The molecule has 2 aromatic rings. The lowest BCUT2D eigenvalue weighted by molar-refractivity contribution is -0.276. The highest BCUT2D eigenvalue weighted by molar-refractivity contribution is 5.97. The number of hydrogen-bond donors (Lipinski definition) is 0. The molecule has 0 saturated heterocycles. The number of fused-ring (bicyclic) bond motifs is 1. The number of benzene rings is 1. The Bertz CT molecular complexity index is 655. The predicted octanol–water partition coefficient (Wildman–Crippen LogP) is 2.64. The van der Waals surface area contributed by atoms with Gasteiger partial charge in [0.15, 0.2) is 4.98 Å². The van der Waals surface area contributed by atoms with Crippen LogP contribution in [0.5, 0.6) is 11.6 Å². The lowest BCUT2D eigenvalue weighted by Gasteiger charge is -2.09. The quantitative estimate of drug-likeness (QED) is 0.737. The van der Waals surface area contributed by atoms with Gasteiger partial charge >= 0.3 is 12.0 Å². The zero-order chi connectivity index (χ0) is 13.5. The molecule has 0 saturated carbocycles. The SMILES string of the molecule is Cn1c([O-])c([N+]#N)c2ccc(OC(F)(F)F)cc21. The molecule has 2 rings (SSSR count). The van der Waals surface area contributed by atoms with E-state index in [0.29, 0.717) is 0 Å². The van der Waals surface area contributed by atoms with E-state index in [9.17, 15) is 18.3 Å². The third kappa shape index (κ3) is 1.90. The second kappa shape index (κ2) is 3.80.